The monoisotopic (exact) mass is 208 g/mol. The molecule has 80 valence electrons. The molecule has 0 aliphatic heterocycles. The predicted molar refractivity (Wildman–Crippen MR) is 53.4 cm³/mol. The van der Waals surface area contributed by atoms with Gasteiger partial charge < -0.3 is 9.84 Å². The Morgan fingerprint density at radius 1 is 1.60 bits per heavy atom. The molecular weight excluding hydrogens is 196 g/mol. The zero-order chi connectivity index (χ0) is 11.3. The molecule has 0 amide bonds. The second kappa shape index (κ2) is 5.26. The van der Waals surface area contributed by atoms with Crippen LogP contribution in [0.5, 0.6) is 0 Å². The highest BCUT2D eigenvalue weighted by molar-refractivity contribution is 5.75. The van der Waals surface area contributed by atoms with Crippen LogP contribution in [0.2, 0.25) is 0 Å². The van der Waals surface area contributed by atoms with Crippen LogP contribution in [0.15, 0.2) is 24.3 Å². The number of carbonyl (C=O) groups is 2. The van der Waals surface area contributed by atoms with Gasteiger partial charge in [-0.15, -0.1) is 0 Å². The Hall–Kier alpha value is -1.68. The van der Waals surface area contributed by atoms with Crippen molar-refractivity contribution in [1.82, 2.24) is 0 Å². The van der Waals surface area contributed by atoms with E-state index in [4.69, 9.17) is 0 Å². The second-order valence-electron chi connectivity index (χ2n) is 3.08. The number of carbonyl (C=O) groups excluding carboxylic acids is 2. The molecule has 0 bridgehead atoms. The highest BCUT2D eigenvalue weighted by Gasteiger charge is 2.13. The van der Waals surface area contributed by atoms with Gasteiger partial charge in [0.15, 0.2) is 0 Å². The summed E-state index contributed by atoms with van der Waals surface area (Å²) in [5, 5.41) is 9.63. The van der Waals surface area contributed by atoms with E-state index in [1.165, 1.54) is 7.11 Å². The van der Waals surface area contributed by atoms with Crippen molar-refractivity contribution in [3.05, 3.63) is 35.4 Å². The summed E-state index contributed by atoms with van der Waals surface area (Å²) < 4.78 is 4.43. The first-order chi connectivity index (χ1) is 7.17. The fourth-order valence-electron chi connectivity index (χ4n) is 1.20. The van der Waals surface area contributed by atoms with E-state index < -0.39 is 12.1 Å². The molecule has 1 aromatic carbocycles. The predicted octanol–water partition coefficient (Wildman–Crippen LogP) is 1.10. The lowest BCUT2D eigenvalue weighted by molar-refractivity contribution is -0.142. The van der Waals surface area contributed by atoms with Gasteiger partial charge >= 0.3 is 5.97 Å². The summed E-state index contributed by atoms with van der Waals surface area (Å²) in [6.07, 6.45) is -0.356. The maximum atomic E-state index is 10.9. The van der Waals surface area contributed by atoms with Crippen LogP contribution in [0.3, 0.4) is 0 Å². The molecular formula is C11H12O4. The molecule has 1 rings (SSSR count). The van der Waals surface area contributed by atoms with Crippen molar-refractivity contribution in [2.24, 2.45) is 0 Å². The van der Waals surface area contributed by atoms with Gasteiger partial charge in [-0.1, -0.05) is 18.2 Å². The second-order valence-corrected chi connectivity index (χ2v) is 3.08. The lowest BCUT2D eigenvalue weighted by Gasteiger charge is -2.09. The van der Waals surface area contributed by atoms with Crippen molar-refractivity contribution in [1.29, 1.82) is 0 Å². The van der Waals surface area contributed by atoms with Gasteiger partial charge in [0.2, 0.25) is 0 Å². The average Bonchev–Trinajstić information content (AvgIpc) is 2.28. The van der Waals surface area contributed by atoms with Crippen molar-refractivity contribution >= 4 is 12.3 Å². The molecule has 4 heteroatoms. The lowest BCUT2D eigenvalue weighted by atomic mass is 10.0. The van der Waals surface area contributed by atoms with Gasteiger partial charge in [-0.2, -0.15) is 0 Å². The molecule has 0 aliphatic carbocycles. The van der Waals surface area contributed by atoms with Crippen molar-refractivity contribution < 1.29 is 19.4 Å². The summed E-state index contributed by atoms with van der Waals surface area (Å²) in [4.78, 5) is 21.4. The fraction of sp³-hybridized carbons (Fsp3) is 0.273. The van der Waals surface area contributed by atoms with Crippen molar-refractivity contribution in [2.45, 2.75) is 12.5 Å². The number of hydrogen-bond acceptors (Lipinski definition) is 4. The summed E-state index contributed by atoms with van der Waals surface area (Å²) in [7, 11) is 1.26. The minimum atomic E-state index is -0.933. The van der Waals surface area contributed by atoms with Gasteiger partial charge in [0.25, 0.3) is 0 Å². The maximum Gasteiger partial charge on any atom is 0.308 e. The molecule has 0 aliphatic rings. The standard InChI is InChI=1S/C11H12O4/c1-15-11(14)6-10(13)9-4-2-3-8(5-9)7-12/h2-5,7,10,13H,6H2,1H3. The molecule has 15 heavy (non-hydrogen) atoms. The molecule has 0 saturated heterocycles. The number of aldehydes is 1. The molecule has 1 unspecified atom stereocenters. The number of benzene rings is 1. The number of aliphatic hydroxyl groups excluding tert-OH is 1. The molecule has 0 heterocycles. The summed E-state index contributed by atoms with van der Waals surface area (Å²) >= 11 is 0. The number of hydrogen-bond donors (Lipinski definition) is 1. The quantitative estimate of drug-likeness (QED) is 0.594. The van der Waals surface area contributed by atoms with E-state index in [9.17, 15) is 14.7 Å². The zero-order valence-corrected chi connectivity index (χ0v) is 8.34. The van der Waals surface area contributed by atoms with Crippen LogP contribution in [0.4, 0.5) is 0 Å². The van der Waals surface area contributed by atoms with Gasteiger partial charge in [-0.05, 0) is 11.6 Å². The number of ether oxygens (including phenoxy) is 1. The number of aliphatic hydroxyl groups is 1. The van der Waals surface area contributed by atoms with E-state index in [0.29, 0.717) is 17.4 Å². The van der Waals surface area contributed by atoms with Crippen molar-refractivity contribution in [3.63, 3.8) is 0 Å². The van der Waals surface area contributed by atoms with Crippen LogP contribution in [0, 0.1) is 0 Å². The Bertz CT molecular complexity index is 359. The Balaban J connectivity index is 2.76. The van der Waals surface area contributed by atoms with Gasteiger partial charge in [-0.3, -0.25) is 9.59 Å². The molecule has 0 fully saturated rings. The van der Waals surface area contributed by atoms with Crippen LogP contribution in [-0.2, 0) is 9.53 Å². The van der Waals surface area contributed by atoms with Crippen LogP contribution in [0.1, 0.15) is 28.4 Å². The average molecular weight is 208 g/mol. The topological polar surface area (TPSA) is 63.6 Å². The third-order valence-electron chi connectivity index (χ3n) is 2.02. The fourth-order valence-corrected chi connectivity index (χ4v) is 1.20. The smallest absolute Gasteiger partial charge is 0.308 e. The van der Waals surface area contributed by atoms with Crippen LogP contribution in [-0.4, -0.2) is 24.5 Å². The Kier molecular flexibility index (Phi) is 4.00. The molecule has 1 N–H and O–H groups in total. The van der Waals surface area contributed by atoms with Crippen LogP contribution >= 0.6 is 0 Å². The summed E-state index contributed by atoms with van der Waals surface area (Å²) in [5.74, 6) is -0.487. The normalized spacial score (nSPS) is 11.9. The number of esters is 1. The molecule has 0 saturated carbocycles. The van der Waals surface area contributed by atoms with E-state index in [1.807, 2.05) is 0 Å². The Morgan fingerprint density at radius 2 is 2.33 bits per heavy atom. The van der Waals surface area contributed by atoms with Gasteiger partial charge in [0.05, 0.1) is 19.6 Å². The minimum Gasteiger partial charge on any atom is -0.469 e. The van der Waals surface area contributed by atoms with Crippen molar-refractivity contribution in [3.8, 4) is 0 Å². The van der Waals surface area contributed by atoms with E-state index in [-0.39, 0.29) is 6.42 Å². The lowest BCUT2D eigenvalue weighted by Crippen LogP contribution is -2.08. The largest absolute Gasteiger partial charge is 0.469 e. The van der Waals surface area contributed by atoms with Gasteiger partial charge in [0, 0.05) is 5.56 Å². The maximum absolute atomic E-state index is 10.9. The van der Waals surface area contributed by atoms with Crippen LogP contribution < -0.4 is 0 Å². The van der Waals surface area contributed by atoms with E-state index in [0.717, 1.165) is 0 Å². The van der Waals surface area contributed by atoms with Gasteiger partial charge in [-0.25, -0.2) is 0 Å². The molecule has 1 aromatic rings. The van der Waals surface area contributed by atoms with Gasteiger partial charge in [0.1, 0.15) is 6.29 Å². The minimum absolute atomic E-state index is 0.112. The SMILES string of the molecule is COC(=O)CC(O)c1cccc(C=O)c1. The van der Waals surface area contributed by atoms with Crippen LogP contribution in [0.25, 0.3) is 0 Å². The number of rotatable bonds is 4. The highest BCUT2D eigenvalue weighted by Crippen LogP contribution is 2.17. The Labute approximate surface area is 87.5 Å². The molecule has 4 nitrogen and oxygen atoms in total. The first kappa shape index (κ1) is 11.4. The highest BCUT2D eigenvalue weighted by atomic mass is 16.5. The first-order valence-corrected chi connectivity index (χ1v) is 4.47. The van der Waals surface area contributed by atoms with E-state index in [2.05, 4.69) is 4.74 Å². The molecule has 0 spiro atoms. The van der Waals surface area contributed by atoms with Crippen molar-refractivity contribution in [2.75, 3.05) is 7.11 Å². The van der Waals surface area contributed by atoms with E-state index in [1.54, 1.807) is 24.3 Å². The number of methoxy groups -OCH3 is 1. The zero-order valence-electron chi connectivity index (χ0n) is 8.34. The molecule has 0 radical (unpaired) electrons. The first-order valence-electron chi connectivity index (χ1n) is 4.47. The summed E-state index contributed by atoms with van der Waals surface area (Å²) in [5.41, 5.74) is 1.00. The third kappa shape index (κ3) is 3.18. The summed E-state index contributed by atoms with van der Waals surface area (Å²) in [6, 6.07) is 6.47. The summed E-state index contributed by atoms with van der Waals surface area (Å²) in [6.45, 7) is 0. The molecule has 1 atom stereocenters. The Morgan fingerprint density at radius 3 is 2.93 bits per heavy atom. The van der Waals surface area contributed by atoms with E-state index >= 15 is 0 Å². The molecule has 0 aromatic heterocycles. The third-order valence-corrected chi connectivity index (χ3v) is 2.02.